The Labute approximate surface area is 158 Å². The van der Waals surface area contributed by atoms with Crippen LogP contribution in [0, 0.1) is 21.4 Å². The Bertz CT molecular complexity index is 983. The minimum Gasteiger partial charge on any atom is -0.485 e. The van der Waals surface area contributed by atoms with E-state index < -0.39 is 29.5 Å². The number of para-hydroxylation sites is 2. The van der Waals surface area contributed by atoms with Gasteiger partial charge < -0.3 is 19.5 Å². The van der Waals surface area contributed by atoms with Crippen molar-refractivity contribution in [1.82, 2.24) is 0 Å². The average Bonchev–Trinajstić information content (AvgIpc) is 2.71. The summed E-state index contributed by atoms with van der Waals surface area (Å²) in [6.07, 6.45) is -1.02. The molecule has 1 unspecified atom stereocenters. The van der Waals surface area contributed by atoms with Crippen LogP contribution in [-0.4, -0.2) is 36.1 Å². The number of nitro groups is 1. The highest BCUT2D eigenvalue weighted by atomic mass is 16.6. The van der Waals surface area contributed by atoms with Crippen LogP contribution < -0.4 is 14.8 Å². The van der Waals surface area contributed by atoms with Crippen molar-refractivity contribution in [3.05, 3.63) is 58.1 Å². The fourth-order valence-corrected chi connectivity index (χ4v) is 2.40. The van der Waals surface area contributed by atoms with E-state index in [9.17, 15) is 19.7 Å². The Hall–Kier alpha value is -4.13. The number of amides is 1. The van der Waals surface area contributed by atoms with E-state index in [4.69, 9.17) is 19.5 Å². The monoisotopic (exact) mass is 383 g/mol. The fraction of sp³-hybridized carbons (Fsp3) is 0.167. The molecule has 1 amide bonds. The molecule has 2 aromatic rings. The number of carbonyl (C=O) groups excluding carboxylic acids is 2. The maximum absolute atomic E-state index is 12.1. The summed E-state index contributed by atoms with van der Waals surface area (Å²) in [7, 11) is 0. The summed E-state index contributed by atoms with van der Waals surface area (Å²) in [5, 5.41) is 22.2. The van der Waals surface area contributed by atoms with Crippen LogP contribution in [0.25, 0.3) is 0 Å². The van der Waals surface area contributed by atoms with Gasteiger partial charge in [-0.25, -0.2) is 4.79 Å². The number of esters is 1. The van der Waals surface area contributed by atoms with E-state index in [1.165, 1.54) is 6.07 Å². The third-order valence-corrected chi connectivity index (χ3v) is 3.73. The second-order valence-electron chi connectivity index (χ2n) is 5.62. The summed E-state index contributed by atoms with van der Waals surface area (Å²) in [6, 6.07) is 12.0. The molecule has 1 atom stereocenters. The fourth-order valence-electron chi connectivity index (χ4n) is 2.40. The van der Waals surface area contributed by atoms with Crippen molar-refractivity contribution >= 4 is 23.3 Å². The molecule has 0 saturated heterocycles. The molecule has 1 aliphatic rings. The zero-order chi connectivity index (χ0) is 20.1. The highest BCUT2D eigenvalue weighted by Gasteiger charge is 2.29. The van der Waals surface area contributed by atoms with Gasteiger partial charge in [0.05, 0.1) is 16.2 Å². The van der Waals surface area contributed by atoms with Gasteiger partial charge in [-0.1, -0.05) is 12.1 Å². The number of nitro benzene ring substituents is 1. The van der Waals surface area contributed by atoms with Gasteiger partial charge in [-0.3, -0.25) is 14.9 Å². The van der Waals surface area contributed by atoms with Crippen LogP contribution in [0.1, 0.15) is 5.56 Å². The zero-order valence-corrected chi connectivity index (χ0v) is 14.3. The lowest BCUT2D eigenvalue weighted by atomic mass is 10.1. The lowest BCUT2D eigenvalue weighted by molar-refractivity contribution is -0.384. The third-order valence-electron chi connectivity index (χ3n) is 3.73. The molecule has 10 heteroatoms. The smallest absolute Gasteiger partial charge is 0.351 e. The van der Waals surface area contributed by atoms with Gasteiger partial charge >= 0.3 is 5.97 Å². The van der Waals surface area contributed by atoms with E-state index in [0.29, 0.717) is 11.5 Å². The number of hydrogen-bond donors (Lipinski definition) is 1. The Morgan fingerprint density at radius 1 is 1.29 bits per heavy atom. The van der Waals surface area contributed by atoms with Crippen molar-refractivity contribution in [3.8, 4) is 17.6 Å². The number of nitriles is 1. The Morgan fingerprint density at radius 2 is 2.04 bits per heavy atom. The second kappa shape index (κ2) is 8.05. The first-order valence-corrected chi connectivity index (χ1v) is 8.01. The summed E-state index contributed by atoms with van der Waals surface area (Å²) in [4.78, 5) is 34.1. The molecule has 0 radical (unpaired) electrons. The molecule has 0 spiro atoms. The Kier molecular flexibility index (Phi) is 5.36. The van der Waals surface area contributed by atoms with Gasteiger partial charge in [0.15, 0.2) is 18.1 Å². The molecule has 28 heavy (non-hydrogen) atoms. The molecule has 2 aromatic carbocycles. The minimum absolute atomic E-state index is 0.0571. The number of carbonyl (C=O) groups is 2. The van der Waals surface area contributed by atoms with Gasteiger partial charge in [0.1, 0.15) is 12.7 Å². The van der Waals surface area contributed by atoms with Gasteiger partial charge in [-0.2, -0.15) is 5.26 Å². The highest BCUT2D eigenvalue weighted by Crippen LogP contribution is 2.31. The highest BCUT2D eigenvalue weighted by molar-refractivity contribution is 5.94. The average molecular weight is 383 g/mol. The first-order chi connectivity index (χ1) is 13.5. The van der Waals surface area contributed by atoms with Crippen molar-refractivity contribution < 1.29 is 28.7 Å². The second-order valence-corrected chi connectivity index (χ2v) is 5.62. The largest absolute Gasteiger partial charge is 0.485 e. The molecule has 1 heterocycles. The topological polar surface area (TPSA) is 141 Å². The molecule has 1 N–H and O–H groups in total. The summed E-state index contributed by atoms with van der Waals surface area (Å²) < 4.78 is 15.8. The SMILES string of the molecule is N#Cc1cc([N+](=O)[O-])ccc1NC(=O)COC(=O)C1COc2ccccc2O1. The lowest BCUT2D eigenvalue weighted by Crippen LogP contribution is -2.39. The maximum atomic E-state index is 12.1. The van der Waals surface area contributed by atoms with E-state index in [-0.39, 0.29) is 23.5 Å². The number of benzene rings is 2. The van der Waals surface area contributed by atoms with Crippen LogP contribution >= 0.6 is 0 Å². The zero-order valence-electron chi connectivity index (χ0n) is 14.3. The van der Waals surface area contributed by atoms with Crippen LogP contribution in [0.5, 0.6) is 11.5 Å². The molecular weight excluding hydrogens is 370 g/mol. The standard InChI is InChI=1S/C18H13N3O7/c19-8-11-7-12(21(24)25)5-6-13(11)20-17(22)10-27-18(23)16-9-26-14-3-1-2-4-15(14)28-16/h1-7,16H,9-10H2,(H,20,22). The van der Waals surface area contributed by atoms with Crippen LogP contribution in [0.4, 0.5) is 11.4 Å². The van der Waals surface area contributed by atoms with Gasteiger partial charge in [-0.15, -0.1) is 0 Å². The predicted octanol–water partition coefficient (Wildman–Crippen LogP) is 1.79. The van der Waals surface area contributed by atoms with Crippen molar-refractivity contribution in [3.63, 3.8) is 0 Å². The van der Waals surface area contributed by atoms with Gasteiger partial charge in [-0.05, 0) is 18.2 Å². The molecule has 0 saturated carbocycles. The van der Waals surface area contributed by atoms with Crippen LogP contribution in [0.15, 0.2) is 42.5 Å². The number of ether oxygens (including phenoxy) is 3. The van der Waals surface area contributed by atoms with E-state index in [0.717, 1.165) is 12.1 Å². The minimum atomic E-state index is -1.02. The molecule has 142 valence electrons. The van der Waals surface area contributed by atoms with Crippen molar-refractivity contribution in [1.29, 1.82) is 5.26 Å². The number of nitrogens with one attached hydrogen (secondary N) is 1. The summed E-state index contributed by atoms with van der Waals surface area (Å²) in [5.41, 5.74) is -0.300. The van der Waals surface area contributed by atoms with Crippen LogP contribution in [0.2, 0.25) is 0 Å². The van der Waals surface area contributed by atoms with E-state index in [1.54, 1.807) is 30.3 Å². The van der Waals surface area contributed by atoms with E-state index in [2.05, 4.69) is 5.32 Å². The molecule has 3 rings (SSSR count). The summed E-state index contributed by atoms with van der Waals surface area (Å²) >= 11 is 0. The number of anilines is 1. The molecule has 10 nitrogen and oxygen atoms in total. The number of rotatable bonds is 5. The third kappa shape index (κ3) is 4.16. The molecule has 0 bridgehead atoms. The van der Waals surface area contributed by atoms with Crippen molar-refractivity contribution in [2.75, 3.05) is 18.5 Å². The van der Waals surface area contributed by atoms with E-state index >= 15 is 0 Å². The molecule has 0 aromatic heterocycles. The number of nitrogens with zero attached hydrogens (tertiary/aromatic N) is 2. The van der Waals surface area contributed by atoms with E-state index in [1.807, 2.05) is 0 Å². The van der Waals surface area contributed by atoms with Gasteiger partial charge in [0, 0.05) is 12.1 Å². The molecule has 0 fully saturated rings. The Morgan fingerprint density at radius 3 is 2.75 bits per heavy atom. The first kappa shape index (κ1) is 18.7. The maximum Gasteiger partial charge on any atom is 0.351 e. The molecule has 1 aliphatic heterocycles. The normalized spacial score (nSPS) is 14.5. The molecule has 0 aliphatic carbocycles. The van der Waals surface area contributed by atoms with Gasteiger partial charge in [0.25, 0.3) is 11.6 Å². The number of hydrogen-bond acceptors (Lipinski definition) is 8. The van der Waals surface area contributed by atoms with Crippen LogP contribution in [0.3, 0.4) is 0 Å². The number of fused-ring (bicyclic) bond motifs is 1. The predicted molar refractivity (Wildman–Crippen MR) is 93.8 cm³/mol. The van der Waals surface area contributed by atoms with Gasteiger partial charge in [0.2, 0.25) is 6.10 Å². The quantitative estimate of drug-likeness (QED) is 0.468. The molecular formula is C18H13N3O7. The summed E-state index contributed by atoms with van der Waals surface area (Å²) in [6.45, 7) is -0.680. The summed E-state index contributed by atoms with van der Waals surface area (Å²) in [5.74, 6) is -0.596. The number of non-ortho nitro benzene ring substituents is 1. The first-order valence-electron chi connectivity index (χ1n) is 8.01. The van der Waals surface area contributed by atoms with Crippen molar-refractivity contribution in [2.45, 2.75) is 6.10 Å². The Balaban J connectivity index is 1.56. The lowest BCUT2D eigenvalue weighted by Gasteiger charge is -2.24. The van der Waals surface area contributed by atoms with Crippen LogP contribution in [-0.2, 0) is 14.3 Å². The van der Waals surface area contributed by atoms with Crippen molar-refractivity contribution in [2.24, 2.45) is 0 Å².